The van der Waals surface area contributed by atoms with E-state index in [1.54, 1.807) is 11.4 Å². The van der Waals surface area contributed by atoms with E-state index in [1.165, 1.54) is 10.7 Å². The summed E-state index contributed by atoms with van der Waals surface area (Å²) in [4.78, 5) is 0. The molecule has 0 heterocycles. The molecule has 0 aromatic rings. The third-order valence-corrected chi connectivity index (χ3v) is 7.53. The van der Waals surface area contributed by atoms with E-state index in [1.807, 2.05) is 20.8 Å². The molecule has 0 amide bonds. The van der Waals surface area contributed by atoms with Crippen LogP contribution in [0.5, 0.6) is 0 Å². The van der Waals surface area contributed by atoms with Gasteiger partial charge in [0.25, 0.3) is 10.2 Å². The van der Waals surface area contributed by atoms with Gasteiger partial charge in [0.2, 0.25) is 0 Å². The molecule has 0 bridgehead atoms. The molecular weight excluding hydrogens is 286 g/mol. The molecule has 0 unspecified atom stereocenters. The number of rotatable bonds is 7. The molecule has 0 spiro atoms. The summed E-state index contributed by atoms with van der Waals surface area (Å²) in [6, 6.07) is -0.0501. The van der Waals surface area contributed by atoms with Crippen LogP contribution < -0.4 is 5.73 Å². The second kappa shape index (κ2) is 7.40. The molecule has 0 radical (unpaired) electrons. The largest absolute Gasteiger partial charge is 0.329 e. The first kappa shape index (κ1) is 18.9. The normalized spacial score (nSPS) is 27.8. The summed E-state index contributed by atoms with van der Waals surface area (Å²) in [6.07, 6.45) is 5.07. The van der Waals surface area contributed by atoms with E-state index in [4.69, 9.17) is 5.73 Å². The maximum Gasteiger partial charge on any atom is 0.282 e. The molecule has 126 valence electrons. The van der Waals surface area contributed by atoms with Crippen LogP contribution in [0.1, 0.15) is 59.8 Å². The minimum absolute atomic E-state index is 0.0501. The second-order valence-corrected chi connectivity index (χ2v) is 8.47. The van der Waals surface area contributed by atoms with E-state index in [9.17, 15) is 8.42 Å². The van der Waals surface area contributed by atoms with Crippen molar-refractivity contribution >= 4 is 10.2 Å². The minimum Gasteiger partial charge on any atom is -0.329 e. The van der Waals surface area contributed by atoms with Gasteiger partial charge in [-0.25, -0.2) is 0 Å². The smallest absolute Gasteiger partial charge is 0.282 e. The first-order valence-corrected chi connectivity index (χ1v) is 9.60. The van der Waals surface area contributed by atoms with E-state index < -0.39 is 15.7 Å². The summed E-state index contributed by atoms with van der Waals surface area (Å²) in [5.41, 5.74) is 5.65. The van der Waals surface area contributed by atoms with Crippen LogP contribution in [0.3, 0.4) is 0 Å². The molecule has 2 N–H and O–H groups in total. The number of hydrogen-bond donors (Lipinski definition) is 1. The Bertz CT molecular complexity index is 415. The number of likely N-dealkylation sites (N-methyl/N-ethyl adjacent to an activating group) is 1. The lowest BCUT2D eigenvalue weighted by atomic mass is 9.75. The molecule has 1 saturated carbocycles. The van der Waals surface area contributed by atoms with E-state index in [0.717, 1.165) is 25.7 Å². The van der Waals surface area contributed by atoms with Gasteiger partial charge in [-0.05, 0) is 45.4 Å². The van der Waals surface area contributed by atoms with Gasteiger partial charge in [-0.3, -0.25) is 0 Å². The molecule has 0 aliphatic heterocycles. The highest BCUT2D eigenvalue weighted by molar-refractivity contribution is 7.86. The van der Waals surface area contributed by atoms with Gasteiger partial charge in [0.1, 0.15) is 0 Å². The van der Waals surface area contributed by atoms with Crippen molar-refractivity contribution < 1.29 is 8.42 Å². The van der Waals surface area contributed by atoms with Crippen molar-refractivity contribution in [2.24, 2.45) is 11.7 Å². The molecule has 0 atom stereocenters. The van der Waals surface area contributed by atoms with Crippen molar-refractivity contribution in [2.45, 2.75) is 71.4 Å². The lowest BCUT2D eigenvalue weighted by Gasteiger charge is -2.47. The Morgan fingerprint density at radius 1 is 1.24 bits per heavy atom. The van der Waals surface area contributed by atoms with E-state index in [-0.39, 0.29) is 6.04 Å². The SMILES string of the molecule is CCC1CCC(CN)(N(CC)S(=O)(=O)N(C)C(C)C)CC1. The zero-order valence-corrected chi connectivity index (χ0v) is 15.1. The van der Waals surface area contributed by atoms with Crippen LogP contribution in [-0.4, -0.2) is 48.7 Å². The molecule has 1 rings (SSSR count). The van der Waals surface area contributed by atoms with Gasteiger partial charge in [-0.2, -0.15) is 17.0 Å². The lowest BCUT2D eigenvalue weighted by molar-refractivity contribution is 0.107. The van der Waals surface area contributed by atoms with E-state index >= 15 is 0 Å². The zero-order chi connectivity index (χ0) is 16.3. The van der Waals surface area contributed by atoms with Crippen LogP contribution in [0.2, 0.25) is 0 Å². The Labute approximate surface area is 131 Å². The average molecular weight is 320 g/mol. The first-order chi connectivity index (χ1) is 9.75. The molecule has 0 aromatic carbocycles. The Hall–Kier alpha value is -0.170. The van der Waals surface area contributed by atoms with Gasteiger partial charge in [0.15, 0.2) is 0 Å². The molecule has 1 aliphatic rings. The van der Waals surface area contributed by atoms with Gasteiger partial charge in [0.05, 0.1) is 0 Å². The van der Waals surface area contributed by atoms with Crippen LogP contribution in [0.25, 0.3) is 0 Å². The molecule has 1 fully saturated rings. The van der Waals surface area contributed by atoms with Gasteiger partial charge in [0, 0.05) is 31.7 Å². The van der Waals surface area contributed by atoms with Crippen molar-refractivity contribution in [1.29, 1.82) is 0 Å². The summed E-state index contributed by atoms with van der Waals surface area (Å²) >= 11 is 0. The molecule has 6 heteroatoms. The Balaban J connectivity index is 3.06. The molecule has 0 saturated heterocycles. The molecule has 5 nitrogen and oxygen atoms in total. The zero-order valence-electron chi connectivity index (χ0n) is 14.3. The maximum absolute atomic E-state index is 12.9. The lowest BCUT2D eigenvalue weighted by Crippen LogP contribution is -2.61. The summed E-state index contributed by atoms with van der Waals surface area (Å²) in [5.74, 6) is 0.717. The summed E-state index contributed by atoms with van der Waals surface area (Å²) in [7, 11) is -1.80. The van der Waals surface area contributed by atoms with Crippen LogP contribution in [-0.2, 0) is 10.2 Å². The predicted octanol–water partition coefficient (Wildman–Crippen LogP) is 2.19. The Morgan fingerprint density at radius 2 is 1.76 bits per heavy atom. The maximum atomic E-state index is 12.9. The van der Waals surface area contributed by atoms with Crippen molar-refractivity contribution in [3.63, 3.8) is 0 Å². The van der Waals surface area contributed by atoms with Crippen molar-refractivity contribution in [2.75, 3.05) is 20.1 Å². The second-order valence-electron chi connectivity index (χ2n) is 6.56. The average Bonchev–Trinajstić information content (AvgIpc) is 2.47. The highest BCUT2D eigenvalue weighted by Crippen LogP contribution is 2.39. The van der Waals surface area contributed by atoms with Gasteiger partial charge >= 0.3 is 0 Å². The molecule has 21 heavy (non-hydrogen) atoms. The van der Waals surface area contributed by atoms with Gasteiger partial charge < -0.3 is 5.73 Å². The van der Waals surface area contributed by atoms with Crippen molar-refractivity contribution in [1.82, 2.24) is 8.61 Å². The van der Waals surface area contributed by atoms with Gasteiger partial charge in [-0.15, -0.1) is 0 Å². The monoisotopic (exact) mass is 319 g/mol. The molecule has 0 aromatic heterocycles. The quantitative estimate of drug-likeness (QED) is 0.782. The van der Waals surface area contributed by atoms with Crippen molar-refractivity contribution in [3.8, 4) is 0 Å². The number of nitrogens with two attached hydrogens (primary N) is 1. The predicted molar refractivity (Wildman–Crippen MR) is 88.2 cm³/mol. The van der Waals surface area contributed by atoms with E-state index in [0.29, 0.717) is 19.0 Å². The number of hydrogen-bond acceptors (Lipinski definition) is 3. The molecular formula is C15H33N3O2S. The summed E-state index contributed by atoms with van der Waals surface area (Å²) in [5, 5.41) is 0. The van der Waals surface area contributed by atoms with Crippen molar-refractivity contribution in [3.05, 3.63) is 0 Å². The van der Waals surface area contributed by atoms with E-state index in [2.05, 4.69) is 6.92 Å². The standard InChI is InChI=1S/C15H33N3O2S/c1-6-14-8-10-15(12-16,11-9-14)18(7-2)21(19,20)17(5)13(3)4/h13-14H,6-12,16H2,1-5H3. The fraction of sp³-hybridized carbons (Fsp3) is 1.00. The fourth-order valence-corrected chi connectivity index (χ4v) is 5.26. The highest BCUT2D eigenvalue weighted by atomic mass is 32.2. The van der Waals surface area contributed by atoms with Crippen LogP contribution in [0.15, 0.2) is 0 Å². The fourth-order valence-electron chi connectivity index (χ4n) is 3.34. The van der Waals surface area contributed by atoms with Crippen LogP contribution in [0.4, 0.5) is 0 Å². The number of nitrogens with zero attached hydrogens (tertiary/aromatic N) is 2. The third-order valence-electron chi connectivity index (χ3n) is 5.18. The minimum atomic E-state index is -3.46. The third kappa shape index (κ3) is 3.78. The Morgan fingerprint density at radius 3 is 2.10 bits per heavy atom. The highest BCUT2D eigenvalue weighted by Gasteiger charge is 2.45. The van der Waals surface area contributed by atoms with Gasteiger partial charge in [-0.1, -0.05) is 20.3 Å². The topological polar surface area (TPSA) is 66.6 Å². The van der Waals surface area contributed by atoms with Crippen LogP contribution in [0, 0.1) is 5.92 Å². The summed E-state index contributed by atoms with van der Waals surface area (Å²) in [6.45, 7) is 8.80. The summed E-state index contributed by atoms with van der Waals surface area (Å²) < 4.78 is 28.9. The Kier molecular flexibility index (Phi) is 6.65. The molecule has 1 aliphatic carbocycles. The first-order valence-electron chi connectivity index (χ1n) is 8.21. The van der Waals surface area contributed by atoms with Crippen LogP contribution >= 0.6 is 0 Å².